The van der Waals surface area contributed by atoms with Gasteiger partial charge in [-0.25, -0.2) is 0 Å². The normalized spacial score (nSPS) is 10.8. The molecule has 0 aliphatic rings. The van der Waals surface area contributed by atoms with Crippen molar-refractivity contribution in [1.29, 1.82) is 0 Å². The number of aromatic amines is 1. The van der Waals surface area contributed by atoms with Crippen molar-refractivity contribution in [2.24, 2.45) is 0 Å². The molecule has 2 heterocycles. The van der Waals surface area contributed by atoms with Crippen LogP contribution in [0, 0.1) is 0 Å². The summed E-state index contributed by atoms with van der Waals surface area (Å²) in [6.07, 6.45) is 3.60. The Bertz CT molecular complexity index is 885. The van der Waals surface area contributed by atoms with E-state index in [4.69, 9.17) is 9.84 Å². The number of nitrogens with zero attached hydrogens (tertiary/aromatic N) is 1. The lowest BCUT2D eigenvalue weighted by atomic mass is 10.1. The molecule has 0 atom stereocenters. The van der Waals surface area contributed by atoms with Crippen LogP contribution >= 0.6 is 11.3 Å². The number of aliphatic hydroxyl groups excluding tert-OH is 1. The van der Waals surface area contributed by atoms with Crippen LogP contribution in [0.3, 0.4) is 0 Å². The van der Waals surface area contributed by atoms with Crippen molar-refractivity contribution < 1.29 is 14.9 Å². The highest BCUT2D eigenvalue weighted by Crippen LogP contribution is 2.21. The molecule has 3 aromatic rings. The predicted molar refractivity (Wildman–Crippen MR) is 100 cm³/mol. The summed E-state index contributed by atoms with van der Waals surface area (Å²) in [4.78, 5) is 18.3. The molecule has 2 aromatic heterocycles. The van der Waals surface area contributed by atoms with Gasteiger partial charge in [0.1, 0.15) is 5.75 Å². The molecular weight excluding hydrogens is 352 g/mol. The van der Waals surface area contributed by atoms with E-state index in [2.05, 4.69) is 9.97 Å². The molecule has 3 N–H and O–H groups in total. The number of rotatable bonds is 8. The minimum absolute atomic E-state index is 0.0576. The van der Waals surface area contributed by atoms with Gasteiger partial charge < -0.3 is 14.9 Å². The van der Waals surface area contributed by atoms with E-state index in [0.717, 1.165) is 33.9 Å². The van der Waals surface area contributed by atoms with E-state index in [1.165, 1.54) is 0 Å². The molecule has 0 amide bonds. The van der Waals surface area contributed by atoms with Crippen LogP contribution in [0.2, 0.25) is 0 Å². The third kappa shape index (κ3) is 4.93. The van der Waals surface area contributed by atoms with Crippen molar-refractivity contribution in [3.8, 4) is 11.6 Å². The highest BCUT2D eigenvalue weighted by Gasteiger charge is 2.07. The molecule has 0 spiro atoms. The molecule has 6 nitrogen and oxygen atoms in total. The summed E-state index contributed by atoms with van der Waals surface area (Å²) < 4.78 is 5.74. The van der Waals surface area contributed by atoms with Crippen LogP contribution < -0.4 is 9.61 Å². The summed E-state index contributed by atoms with van der Waals surface area (Å²) in [5.41, 5.74) is 2.96. The first kappa shape index (κ1) is 18.2. The lowest BCUT2D eigenvalue weighted by Gasteiger charge is -2.07. The van der Waals surface area contributed by atoms with Gasteiger partial charge >= 0.3 is 4.87 Å². The fourth-order valence-corrected chi connectivity index (χ4v) is 3.27. The molecule has 0 bridgehead atoms. The molecular formula is C19H20N2O4S. The maximum Gasteiger partial charge on any atom is 0.307 e. The first-order chi connectivity index (χ1) is 12.6. The smallest absolute Gasteiger partial charge is 0.307 e. The molecule has 0 fully saturated rings. The summed E-state index contributed by atoms with van der Waals surface area (Å²) >= 11 is 1.02. The maximum absolute atomic E-state index is 11.2. The van der Waals surface area contributed by atoms with Crippen LogP contribution in [0.25, 0.3) is 0 Å². The Morgan fingerprint density at radius 1 is 1.08 bits per heavy atom. The summed E-state index contributed by atoms with van der Waals surface area (Å²) in [6.45, 7) is 0.647. The average molecular weight is 372 g/mol. The molecule has 7 heteroatoms. The van der Waals surface area contributed by atoms with Crippen molar-refractivity contribution in [3.05, 3.63) is 74.0 Å². The maximum atomic E-state index is 11.2. The lowest BCUT2D eigenvalue weighted by Crippen LogP contribution is -2.03. The van der Waals surface area contributed by atoms with Crippen LogP contribution in [0.4, 0.5) is 0 Å². The quantitative estimate of drug-likeness (QED) is 0.564. The first-order valence-corrected chi connectivity index (χ1v) is 9.13. The van der Waals surface area contributed by atoms with Crippen LogP contribution in [-0.4, -0.2) is 33.4 Å². The van der Waals surface area contributed by atoms with Crippen molar-refractivity contribution in [3.63, 3.8) is 0 Å². The number of nitrogens with one attached hydrogen (secondary N) is 1. The summed E-state index contributed by atoms with van der Waals surface area (Å²) in [6, 6.07) is 11.5. The van der Waals surface area contributed by atoms with Gasteiger partial charge in [-0.2, -0.15) is 0 Å². The first-order valence-electron chi connectivity index (χ1n) is 8.31. The molecule has 0 aliphatic carbocycles. The van der Waals surface area contributed by atoms with Gasteiger partial charge in [0, 0.05) is 31.3 Å². The van der Waals surface area contributed by atoms with Crippen LogP contribution in [-0.2, 0) is 19.3 Å². The summed E-state index contributed by atoms with van der Waals surface area (Å²) in [5.74, 6) is 0.704. The van der Waals surface area contributed by atoms with Crippen LogP contribution in [0.15, 0.2) is 47.4 Å². The number of aliphatic hydroxyl groups is 1. The van der Waals surface area contributed by atoms with E-state index in [1.54, 1.807) is 6.20 Å². The number of pyridine rings is 1. The van der Waals surface area contributed by atoms with Crippen molar-refractivity contribution in [2.75, 3.05) is 13.2 Å². The number of hydrogen-bond donors (Lipinski definition) is 3. The molecule has 136 valence electrons. The minimum Gasteiger partial charge on any atom is -0.494 e. The zero-order chi connectivity index (χ0) is 18.4. The fourth-order valence-electron chi connectivity index (χ4n) is 2.51. The zero-order valence-corrected chi connectivity index (χ0v) is 15.0. The second-order valence-corrected chi connectivity index (χ2v) is 6.90. The van der Waals surface area contributed by atoms with Gasteiger partial charge in [-0.3, -0.25) is 14.8 Å². The monoisotopic (exact) mass is 372 g/mol. The van der Waals surface area contributed by atoms with E-state index in [1.807, 2.05) is 36.4 Å². The summed E-state index contributed by atoms with van der Waals surface area (Å²) in [5, 5.41) is 18.5. The Labute approximate surface area is 154 Å². The number of hydrogen-bond acceptors (Lipinski definition) is 6. The molecule has 0 aliphatic heterocycles. The minimum atomic E-state index is -0.254. The van der Waals surface area contributed by atoms with Gasteiger partial charge in [-0.1, -0.05) is 29.5 Å². The third-order valence-electron chi connectivity index (χ3n) is 3.90. The number of benzene rings is 1. The SMILES string of the molecule is O=c1[nH]c(O)c(Cc2ccc(OCCc3ccc(CCO)cn3)cc2)s1. The van der Waals surface area contributed by atoms with E-state index in [9.17, 15) is 9.90 Å². The van der Waals surface area contributed by atoms with Gasteiger partial charge in [-0.05, 0) is 35.7 Å². The second-order valence-electron chi connectivity index (χ2n) is 5.84. The highest BCUT2D eigenvalue weighted by atomic mass is 32.1. The third-order valence-corrected chi connectivity index (χ3v) is 4.77. The molecule has 0 radical (unpaired) electrons. The van der Waals surface area contributed by atoms with Gasteiger partial charge in [0.05, 0.1) is 11.5 Å². The molecule has 0 saturated heterocycles. The van der Waals surface area contributed by atoms with Crippen LogP contribution in [0.5, 0.6) is 11.6 Å². The Morgan fingerprint density at radius 3 is 2.46 bits per heavy atom. The van der Waals surface area contributed by atoms with E-state index < -0.39 is 0 Å². The molecule has 3 rings (SSSR count). The second kappa shape index (κ2) is 8.64. The van der Waals surface area contributed by atoms with E-state index in [-0.39, 0.29) is 17.4 Å². The topological polar surface area (TPSA) is 95.4 Å². The van der Waals surface area contributed by atoms with Crippen molar-refractivity contribution in [1.82, 2.24) is 9.97 Å². The van der Waals surface area contributed by atoms with Gasteiger partial charge in [0.2, 0.25) is 5.88 Å². The fraction of sp³-hybridized carbons (Fsp3) is 0.263. The Morgan fingerprint density at radius 2 is 1.85 bits per heavy atom. The lowest BCUT2D eigenvalue weighted by molar-refractivity contribution is 0.299. The number of aromatic nitrogens is 2. The number of H-pyrrole nitrogens is 1. The van der Waals surface area contributed by atoms with Crippen molar-refractivity contribution >= 4 is 11.3 Å². The molecule has 1 aromatic carbocycles. The standard InChI is InChI=1S/C19H20N2O4S/c22-9-7-14-1-4-15(20-12-14)8-10-25-16-5-2-13(3-6-16)11-17-18(23)21-19(24)26-17/h1-6,12,22-23H,7-11H2,(H,21,24). The molecule has 26 heavy (non-hydrogen) atoms. The van der Waals surface area contributed by atoms with Gasteiger partial charge in [-0.15, -0.1) is 0 Å². The molecule has 0 saturated carbocycles. The predicted octanol–water partition coefficient (Wildman–Crippen LogP) is 2.28. The van der Waals surface area contributed by atoms with Crippen molar-refractivity contribution in [2.45, 2.75) is 19.3 Å². The Balaban J connectivity index is 1.49. The molecule has 0 unspecified atom stereocenters. The number of ether oxygens (including phenoxy) is 1. The Hall–Kier alpha value is -2.64. The zero-order valence-electron chi connectivity index (χ0n) is 14.1. The number of aromatic hydroxyl groups is 1. The average Bonchev–Trinajstić information content (AvgIpc) is 2.95. The van der Waals surface area contributed by atoms with Gasteiger partial charge in [0.15, 0.2) is 0 Å². The van der Waals surface area contributed by atoms with E-state index >= 15 is 0 Å². The highest BCUT2D eigenvalue weighted by molar-refractivity contribution is 7.09. The van der Waals surface area contributed by atoms with Gasteiger partial charge in [0.25, 0.3) is 0 Å². The Kier molecular flexibility index (Phi) is 6.04. The van der Waals surface area contributed by atoms with E-state index in [0.29, 0.717) is 30.7 Å². The summed E-state index contributed by atoms with van der Waals surface area (Å²) in [7, 11) is 0. The largest absolute Gasteiger partial charge is 0.494 e. The number of thiazole rings is 1. The van der Waals surface area contributed by atoms with Crippen LogP contribution in [0.1, 0.15) is 21.7 Å².